The molecule has 0 spiro atoms. The van der Waals surface area contributed by atoms with Crippen molar-refractivity contribution in [3.05, 3.63) is 77.2 Å². The van der Waals surface area contributed by atoms with Gasteiger partial charge in [0.15, 0.2) is 0 Å². The molecule has 3 nitrogen and oxygen atoms in total. The number of hydrogen-bond donors (Lipinski definition) is 1. The first-order valence-corrected chi connectivity index (χ1v) is 7.78. The van der Waals surface area contributed by atoms with E-state index in [1.807, 2.05) is 18.2 Å². The van der Waals surface area contributed by atoms with E-state index in [-0.39, 0.29) is 5.82 Å². The molecule has 4 heteroatoms. The van der Waals surface area contributed by atoms with E-state index in [9.17, 15) is 4.39 Å². The lowest BCUT2D eigenvalue weighted by molar-refractivity contribution is 0.619. The average Bonchev–Trinajstić information content (AvgIpc) is 2.98. The molecule has 1 aromatic heterocycles. The number of nitrogens with zero attached hydrogens (tertiary/aromatic N) is 2. The predicted molar refractivity (Wildman–Crippen MR) is 94.2 cm³/mol. The lowest BCUT2D eigenvalue weighted by Gasteiger charge is -2.11. The molecule has 0 radical (unpaired) electrons. The van der Waals surface area contributed by atoms with Crippen LogP contribution in [0.25, 0.3) is 22.4 Å². The summed E-state index contributed by atoms with van der Waals surface area (Å²) in [6, 6.07) is 15.2. The zero-order valence-electron chi connectivity index (χ0n) is 13.3. The van der Waals surface area contributed by atoms with Crippen molar-refractivity contribution in [1.82, 2.24) is 4.98 Å². The molecule has 2 heterocycles. The summed E-state index contributed by atoms with van der Waals surface area (Å²) in [4.78, 5) is 8.80. The van der Waals surface area contributed by atoms with E-state index >= 15 is 0 Å². The monoisotopic (exact) mass is 317 g/mol. The normalized spacial score (nSPS) is 12.8. The van der Waals surface area contributed by atoms with Crippen molar-refractivity contribution in [1.29, 1.82) is 0 Å². The molecule has 0 aliphatic carbocycles. The highest BCUT2D eigenvalue weighted by Crippen LogP contribution is 2.33. The third kappa shape index (κ3) is 2.36. The van der Waals surface area contributed by atoms with E-state index in [2.05, 4.69) is 28.2 Å². The molecule has 24 heavy (non-hydrogen) atoms. The number of nitrogens with two attached hydrogens (primary N) is 1. The summed E-state index contributed by atoms with van der Waals surface area (Å²) in [7, 11) is 0. The Hall–Kier alpha value is -3.01. The largest absolute Gasteiger partial charge is 0.383 e. The van der Waals surface area contributed by atoms with Gasteiger partial charge in [-0.2, -0.15) is 0 Å². The summed E-state index contributed by atoms with van der Waals surface area (Å²) in [5, 5.41) is 0. The third-order valence-corrected chi connectivity index (χ3v) is 4.36. The van der Waals surface area contributed by atoms with Crippen molar-refractivity contribution in [2.75, 3.05) is 0 Å². The Bertz CT molecular complexity index is 976. The minimum Gasteiger partial charge on any atom is -0.383 e. The summed E-state index contributed by atoms with van der Waals surface area (Å²) in [6.07, 6.45) is 1.75. The number of pyridine rings is 1. The number of aliphatic imine (C=N–C) groups is 1. The Morgan fingerprint density at radius 1 is 1.00 bits per heavy atom. The highest BCUT2D eigenvalue weighted by molar-refractivity contribution is 6.02. The number of hydrogen-bond acceptors (Lipinski definition) is 3. The predicted octanol–water partition coefficient (Wildman–Crippen LogP) is 4.08. The van der Waals surface area contributed by atoms with E-state index in [1.54, 1.807) is 19.2 Å². The van der Waals surface area contributed by atoms with Gasteiger partial charge in [0, 0.05) is 22.9 Å². The van der Waals surface area contributed by atoms with E-state index in [0.29, 0.717) is 17.9 Å². The highest BCUT2D eigenvalue weighted by atomic mass is 19.1. The number of aromatic nitrogens is 1. The molecule has 0 unspecified atom stereocenters. The van der Waals surface area contributed by atoms with E-state index in [4.69, 9.17) is 5.73 Å². The molecule has 1 aliphatic heterocycles. The van der Waals surface area contributed by atoms with E-state index in [0.717, 1.165) is 33.5 Å². The molecule has 4 rings (SSSR count). The van der Waals surface area contributed by atoms with Gasteiger partial charge < -0.3 is 5.73 Å². The second-order valence-corrected chi connectivity index (χ2v) is 5.94. The van der Waals surface area contributed by atoms with Gasteiger partial charge in [-0.1, -0.05) is 18.2 Å². The lowest BCUT2D eigenvalue weighted by atomic mass is 9.95. The number of rotatable bonds is 2. The Kier molecular flexibility index (Phi) is 3.38. The molecular formula is C20H16FN3. The molecule has 0 fully saturated rings. The summed E-state index contributed by atoms with van der Waals surface area (Å²) in [5.74, 6) is 0.368. The van der Waals surface area contributed by atoms with E-state index < -0.39 is 0 Å². The maximum absolute atomic E-state index is 13.6. The van der Waals surface area contributed by atoms with Gasteiger partial charge in [-0.25, -0.2) is 4.39 Å². The summed E-state index contributed by atoms with van der Waals surface area (Å²) < 4.78 is 13.6. The minimum absolute atomic E-state index is 0.210. The van der Waals surface area contributed by atoms with Crippen LogP contribution < -0.4 is 5.73 Å². The summed E-state index contributed by atoms with van der Waals surface area (Å²) in [6.45, 7) is 2.40. The first-order chi connectivity index (χ1) is 11.6. The van der Waals surface area contributed by atoms with Crippen molar-refractivity contribution in [3.8, 4) is 22.4 Å². The standard InChI is InChI=1S/C20H16FN3/c1-12-9-14(6-7-18(12)21)19-16(3-2-8-23-19)13-4-5-15-11-24-20(22)17(15)10-13/h2-10H,11H2,1H3,(H2,22,24). The molecule has 0 atom stereocenters. The molecule has 118 valence electrons. The maximum Gasteiger partial charge on any atom is 0.126 e. The van der Waals surface area contributed by atoms with Crippen molar-refractivity contribution in [2.24, 2.45) is 10.7 Å². The number of aryl methyl sites for hydroxylation is 1. The zero-order chi connectivity index (χ0) is 16.7. The van der Waals surface area contributed by atoms with Crippen molar-refractivity contribution in [3.63, 3.8) is 0 Å². The van der Waals surface area contributed by atoms with Gasteiger partial charge >= 0.3 is 0 Å². The van der Waals surface area contributed by atoms with Gasteiger partial charge in [0.05, 0.1) is 12.2 Å². The molecule has 0 saturated carbocycles. The van der Waals surface area contributed by atoms with Crippen LogP contribution in [0.15, 0.2) is 59.7 Å². The summed E-state index contributed by atoms with van der Waals surface area (Å²) in [5.41, 5.74) is 12.4. The van der Waals surface area contributed by atoms with Crippen LogP contribution in [0.1, 0.15) is 16.7 Å². The fourth-order valence-electron chi connectivity index (χ4n) is 3.04. The van der Waals surface area contributed by atoms with E-state index in [1.165, 1.54) is 6.07 Å². The fraction of sp³-hybridized carbons (Fsp3) is 0.100. The van der Waals surface area contributed by atoms with Gasteiger partial charge in [0.2, 0.25) is 0 Å². The summed E-state index contributed by atoms with van der Waals surface area (Å²) >= 11 is 0. The highest BCUT2D eigenvalue weighted by Gasteiger charge is 2.16. The number of amidine groups is 1. The van der Waals surface area contributed by atoms with Gasteiger partial charge in [-0.15, -0.1) is 0 Å². The van der Waals surface area contributed by atoms with Crippen molar-refractivity contribution < 1.29 is 4.39 Å². The van der Waals surface area contributed by atoms with Crippen LogP contribution >= 0.6 is 0 Å². The van der Waals surface area contributed by atoms with Crippen LogP contribution in [0.3, 0.4) is 0 Å². The average molecular weight is 317 g/mol. The zero-order valence-corrected chi connectivity index (χ0v) is 13.3. The molecule has 0 amide bonds. The second kappa shape index (κ2) is 5.57. The lowest BCUT2D eigenvalue weighted by Crippen LogP contribution is -2.10. The molecule has 0 saturated heterocycles. The van der Waals surface area contributed by atoms with Gasteiger partial charge in [0.25, 0.3) is 0 Å². The topological polar surface area (TPSA) is 51.3 Å². The third-order valence-electron chi connectivity index (χ3n) is 4.36. The van der Waals surface area contributed by atoms with Crippen LogP contribution in [-0.4, -0.2) is 10.8 Å². The number of benzene rings is 2. The Labute approximate surface area is 139 Å². The van der Waals surface area contributed by atoms with Crippen LogP contribution in [0.2, 0.25) is 0 Å². The van der Waals surface area contributed by atoms with Crippen LogP contribution in [0.5, 0.6) is 0 Å². The molecule has 2 aromatic carbocycles. The van der Waals surface area contributed by atoms with Gasteiger partial charge in [0.1, 0.15) is 11.7 Å². The smallest absolute Gasteiger partial charge is 0.126 e. The first-order valence-electron chi connectivity index (χ1n) is 7.78. The minimum atomic E-state index is -0.210. The van der Waals surface area contributed by atoms with Crippen LogP contribution in [0, 0.1) is 12.7 Å². The number of fused-ring (bicyclic) bond motifs is 1. The quantitative estimate of drug-likeness (QED) is 0.774. The Morgan fingerprint density at radius 2 is 1.83 bits per heavy atom. The fourth-order valence-corrected chi connectivity index (χ4v) is 3.04. The maximum atomic E-state index is 13.6. The van der Waals surface area contributed by atoms with Crippen LogP contribution in [0.4, 0.5) is 4.39 Å². The molecule has 0 bridgehead atoms. The molecule has 3 aromatic rings. The number of halogens is 1. The van der Waals surface area contributed by atoms with Crippen molar-refractivity contribution >= 4 is 5.84 Å². The van der Waals surface area contributed by atoms with Gasteiger partial charge in [-0.05, 0) is 53.9 Å². The first kappa shape index (κ1) is 14.6. The SMILES string of the molecule is Cc1cc(-c2ncccc2-c2ccc3c(c2)C(N)=NC3)ccc1F. The van der Waals surface area contributed by atoms with Crippen LogP contribution in [-0.2, 0) is 6.54 Å². The van der Waals surface area contributed by atoms with Crippen molar-refractivity contribution in [2.45, 2.75) is 13.5 Å². The molecule has 2 N–H and O–H groups in total. The Balaban J connectivity index is 1.87. The molecule has 1 aliphatic rings. The Morgan fingerprint density at radius 3 is 2.67 bits per heavy atom. The second-order valence-electron chi connectivity index (χ2n) is 5.94. The molecular weight excluding hydrogens is 301 g/mol. The van der Waals surface area contributed by atoms with Gasteiger partial charge in [-0.3, -0.25) is 9.98 Å².